The lowest BCUT2D eigenvalue weighted by atomic mass is 9.97. The van der Waals surface area contributed by atoms with Crippen LogP contribution in [0.5, 0.6) is 0 Å². The molecule has 2 rings (SSSR count). The number of nitrogens with zero attached hydrogens (tertiary/aromatic N) is 2. The summed E-state index contributed by atoms with van der Waals surface area (Å²) in [6.45, 7) is 8.92. The van der Waals surface area contributed by atoms with Crippen LogP contribution in [0.4, 0.5) is 0 Å². The Morgan fingerprint density at radius 3 is 2.79 bits per heavy atom. The molecule has 19 heavy (non-hydrogen) atoms. The van der Waals surface area contributed by atoms with E-state index in [2.05, 4.69) is 29.0 Å². The second-order valence-corrected chi connectivity index (χ2v) is 6.09. The Morgan fingerprint density at radius 1 is 1.42 bits per heavy atom. The van der Waals surface area contributed by atoms with E-state index in [4.69, 9.17) is 11.6 Å². The van der Waals surface area contributed by atoms with Crippen LogP contribution >= 0.6 is 11.6 Å². The number of piperidine rings is 1. The van der Waals surface area contributed by atoms with Crippen molar-refractivity contribution in [2.45, 2.75) is 39.3 Å². The van der Waals surface area contributed by atoms with Gasteiger partial charge in [0.15, 0.2) is 0 Å². The van der Waals surface area contributed by atoms with Gasteiger partial charge in [0.25, 0.3) is 0 Å². The number of hydrogen-bond acceptors (Lipinski definition) is 3. The summed E-state index contributed by atoms with van der Waals surface area (Å²) in [5.74, 6) is 0.810. The quantitative estimate of drug-likeness (QED) is 0.899. The molecule has 1 aliphatic heterocycles. The first-order valence-electron chi connectivity index (χ1n) is 7.20. The summed E-state index contributed by atoms with van der Waals surface area (Å²) < 4.78 is 0. The normalized spacial score (nSPS) is 17.3. The average Bonchev–Trinajstić information content (AvgIpc) is 2.41. The van der Waals surface area contributed by atoms with Crippen LogP contribution in [0.15, 0.2) is 18.5 Å². The van der Waals surface area contributed by atoms with Gasteiger partial charge in [-0.3, -0.25) is 9.88 Å². The molecule has 1 aromatic heterocycles. The summed E-state index contributed by atoms with van der Waals surface area (Å²) in [5.41, 5.74) is 1.18. The fraction of sp³-hybridized carbons (Fsp3) is 0.667. The van der Waals surface area contributed by atoms with E-state index in [1.807, 2.05) is 12.3 Å². The topological polar surface area (TPSA) is 28.2 Å². The van der Waals surface area contributed by atoms with Gasteiger partial charge in [0.1, 0.15) is 0 Å². The Bertz CT molecular complexity index is 389. The van der Waals surface area contributed by atoms with Crippen molar-refractivity contribution >= 4 is 11.6 Å². The molecule has 0 amide bonds. The van der Waals surface area contributed by atoms with Gasteiger partial charge in [-0.05, 0) is 57.3 Å². The third-order valence-corrected chi connectivity index (χ3v) is 4.25. The zero-order valence-electron chi connectivity index (χ0n) is 11.9. The smallest absolute Gasteiger partial charge is 0.0634 e. The summed E-state index contributed by atoms with van der Waals surface area (Å²) in [6.07, 6.45) is 6.13. The molecule has 3 nitrogen and oxygen atoms in total. The van der Waals surface area contributed by atoms with Crippen molar-refractivity contribution in [3.05, 3.63) is 29.0 Å². The van der Waals surface area contributed by atoms with Gasteiger partial charge in [0.2, 0.25) is 0 Å². The van der Waals surface area contributed by atoms with Gasteiger partial charge in [0.05, 0.1) is 5.02 Å². The molecule has 0 radical (unpaired) electrons. The van der Waals surface area contributed by atoms with E-state index in [9.17, 15) is 0 Å². The first kappa shape index (κ1) is 14.8. The van der Waals surface area contributed by atoms with Gasteiger partial charge in [-0.25, -0.2) is 0 Å². The second kappa shape index (κ2) is 7.22. The Labute approximate surface area is 121 Å². The largest absolute Gasteiger partial charge is 0.317 e. The van der Waals surface area contributed by atoms with Crippen LogP contribution < -0.4 is 5.32 Å². The minimum Gasteiger partial charge on any atom is -0.317 e. The Hall–Kier alpha value is -0.640. The van der Waals surface area contributed by atoms with Crippen molar-refractivity contribution in [3.8, 4) is 0 Å². The monoisotopic (exact) mass is 281 g/mol. The molecule has 0 atom stereocenters. The van der Waals surface area contributed by atoms with E-state index >= 15 is 0 Å². The lowest BCUT2D eigenvalue weighted by Crippen LogP contribution is -2.39. The SMILES string of the molecule is CC(C)N(Cc1ccncc1Cl)CC1CCNCC1. The maximum atomic E-state index is 6.22. The van der Waals surface area contributed by atoms with Crippen LogP contribution in [-0.4, -0.2) is 35.6 Å². The Kier molecular flexibility index (Phi) is 5.61. The molecule has 0 aliphatic carbocycles. The first-order valence-corrected chi connectivity index (χ1v) is 7.57. The van der Waals surface area contributed by atoms with Crippen LogP contribution in [0.25, 0.3) is 0 Å². The highest BCUT2D eigenvalue weighted by molar-refractivity contribution is 6.31. The first-order chi connectivity index (χ1) is 9.16. The van der Waals surface area contributed by atoms with Crippen molar-refractivity contribution in [1.82, 2.24) is 15.2 Å². The predicted octanol–water partition coefficient (Wildman–Crippen LogP) is 2.95. The fourth-order valence-electron chi connectivity index (χ4n) is 2.60. The molecular weight excluding hydrogens is 258 g/mol. The minimum absolute atomic E-state index is 0.541. The van der Waals surface area contributed by atoms with Crippen molar-refractivity contribution < 1.29 is 0 Å². The number of aromatic nitrogens is 1. The zero-order chi connectivity index (χ0) is 13.7. The Balaban J connectivity index is 1.97. The lowest BCUT2D eigenvalue weighted by molar-refractivity contribution is 0.162. The molecule has 0 aromatic carbocycles. The molecule has 0 bridgehead atoms. The molecule has 1 N–H and O–H groups in total. The number of rotatable bonds is 5. The van der Waals surface area contributed by atoms with Crippen molar-refractivity contribution in [1.29, 1.82) is 0 Å². The van der Waals surface area contributed by atoms with Gasteiger partial charge < -0.3 is 5.32 Å². The Morgan fingerprint density at radius 2 is 2.16 bits per heavy atom. The van der Waals surface area contributed by atoms with Crippen LogP contribution in [0.3, 0.4) is 0 Å². The predicted molar refractivity (Wildman–Crippen MR) is 80.4 cm³/mol. The molecule has 1 aliphatic rings. The van der Waals surface area contributed by atoms with Gasteiger partial charge in [-0.2, -0.15) is 0 Å². The molecular formula is C15H24ClN3. The van der Waals surface area contributed by atoms with Crippen molar-refractivity contribution in [2.75, 3.05) is 19.6 Å². The third-order valence-electron chi connectivity index (χ3n) is 3.91. The highest BCUT2D eigenvalue weighted by atomic mass is 35.5. The molecule has 0 unspecified atom stereocenters. The standard InChI is InChI=1S/C15H24ClN3/c1-12(2)19(10-13-3-6-17-7-4-13)11-14-5-8-18-9-15(14)16/h5,8-9,12-13,17H,3-4,6-7,10-11H2,1-2H3. The molecule has 0 saturated carbocycles. The van der Waals surface area contributed by atoms with Crippen molar-refractivity contribution in [3.63, 3.8) is 0 Å². The molecule has 4 heteroatoms. The number of pyridine rings is 1. The van der Waals surface area contributed by atoms with Gasteiger partial charge in [0, 0.05) is 31.5 Å². The molecule has 0 spiro atoms. The van der Waals surface area contributed by atoms with Crippen LogP contribution in [-0.2, 0) is 6.54 Å². The average molecular weight is 282 g/mol. The van der Waals surface area contributed by atoms with Gasteiger partial charge in [-0.1, -0.05) is 11.6 Å². The molecule has 2 heterocycles. The van der Waals surface area contributed by atoms with Crippen LogP contribution in [0.2, 0.25) is 5.02 Å². The minimum atomic E-state index is 0.541. The van der Waals surface area contributed by atoms with E-state index in [0.717, 1.165) is 37.1 Å². The maximum Gasteiger partial charge on any atom is 0.0634 e. The number of nitrogens with one attached hydrogen (secondary N) is 1. The van der Waals surface area contributed by atoms with Crippen LogP contribution in [0.1, 0.15) is 32.3 Å². The van der Waals surface area contributed by atoms with Gasteiger partial charge in [-0.15, -0.1) is 0 Å². The maximum absolute atomic E-state index is 6.22. The van der Waals surface area contributed by atoms with E-state index in [1.54, 1.807) is 6.20 Å². The molecule has 1 saturated heterocycles. The third kappa shape index (κ3) is 4.44. The number of halogens is 1. The van der Waals surface area contributed by atoms with Crippen LogP contribution in [0, 0.1) is 5.92 Å². The summed E-state index contributed by atoms with van der Waals surface area (Å²) in [4.78, 5) is 6.58. The molecule has 106 valence electrons. The second-order valence-electron chi connectivity index (χ2n) is 5.68. The summed E-state index contributed by atoms with van der Waals surface area (Å²) >= 11 is 6.22. The lowest BCUT2D eigenvalue weighted by Gasteiger charge is -2.33. The summed E-state index contributed by atoms with van der Waals surface area (Å²) in [7, 11) is 0. The summed E-state index contributed by atoms with van der Waals surface area (Å²) in [5, 5.41) is 4.20. The number of hydrogen-bond donors (Lipinski definition) is 1. The summed E-state index contributed by atoms with van der Waals surface area (Å²) in [6, 6.07) is 2.57. The van der Waals surface area contributed by atoms with Crippen molar-refractivity contribution in [2.24, 2.45) is 5.92 Å². The van der Waals surface area contributed by atoms with E-state index < -0.39 is 0 Å². The van der Waals surface area contributed by atoms with Gasteiger partial charge >= 0.3 is 0 Å². The van der Waals surface area contributed by atoms with E-state index in [1.165, 1.54) is 18.4 Å². The highest BCUT2D eigenvalue weighted by Gasteiger charge is 2.19. The molecule has 1 fully saturated rings. The zero-order valence-corrected chi connectivity index (χ0v) is 12.7. The highest BCUT2D eigenvalue weighted by Crippen LogP contribution is 2.20. The fourth-order valence-corrected chi connectivity index (χ4v) is 2.78. The van der Waals surface area contributed by atoms with E-state index in [0.29, 0.717) is 6.04 Å². The molecule has 1 aromatic rings. The van der Waals surface area contributed by atoms with E-state index in [-0.39, 0.29) is 0 Å².